The largest absolute Gasteiger partial charge is 0.368 e. The van der Waals surface area contributed by atoms with E-state index in [1.54, 1.807) is 0 Å². The van der Waals surface area contributed by atoms with E-state index in [-0.39, 0.29) is 6.61 Å². The van der Waals surface area contributed by atoms with Crippen molar-refractivity contribution < 1.29 is 9.63 Å². The Morgan fingerprint density at radius 1 is 1.80 bits per heavy atom. The maximum absolute atomic E-state index is 10.1. The number of nitrogens with two attached hydrogens (primary N) is 1. The van der Waals surface area contributed by atoms with Crippen molar-refractivity contribution in [1.82, 2.24) is 5.48 Å². The molecule has 0 aromatic rings. The van der Waals surface area contributed by atoms with Crippen LogP contribution in [0.3, 0.4) is 0 Å². The summed E-state index contributed by atoms with van der Waals surface area (Å²) in [5.74, 6) is -0.507. The lowest BCUT2D eigenvalue weighted by atomic mass is 10.6. The van der Waals surface area contributed by atoms with E-state index in [2.05, 4.69) is 32.8 Å². The van der Waals surface area contributed by atoms with Gasteiger partial charge in [-0.05, 0) is 0 Å². The first kappa shape index (κ1) is 9.61. The zero-order chi connectivity index (χ0) is 7.98. The molecule has 0 unspecified atom stereocenters. The molecule has 0 rings (SSSR count). The molecule has 5 heteroatoms. The molecule has 0 bridgehead atoms. The first-order chi connectivity index (χ1) is 4.63. The first-order valence-corrected chi connectivity index (χ1v) is 3.38. The number of hydrogen-bond acceptors (Lipinski definition) is 3. The minimum absolute atomic E-state index is 0.125. The molecule has 0 radical (unpaired) electrons. The van der Waals surface area contributed by atoms with Gasteiger partial charge < -0.3 is 5.73 Å². The number of primary amides is 1. The van der Waals surface area contributed by atoms with Crippen molar-refractivity contribution in [2.45, 2.75) is 0 Å². The van der Waals surface area contributed by atoms with Crippen LogP contribution in [0.1, 0.15) is 0 Å². The third-order valence-electron chi connectivity index (χ3n) is 0.580. The standard InChI is InChI=1S/C5H9BrN2O2/c1-4(6)2-8-10-3-5(7)9/h8H,1-3H2,(H2,7,9). The Bertz CT molecular complexity index is 122. The molecule has 10 heavy (non-hydrogen) atoms. The number of nitrogens with one attached hydrogen (secondary N) is 1. The van der Waals surface area contributed by atoms with Crippen molar-refractivity contribution in [3.8, 4) is 0 Å². The Balaban J connectivity index is 3.06. The highest BCUT2D eigenvalue weighted by Gasteiger charge is 1.92. The highest BCUT2D eigenvalue weighted by Crippen LogP contribution is 1.95. The Morgan fingerprint density at radius 3 is 2.80 bits per heavy atom. The summed E-state index contributed by atoms with van der Waals surface area (Å²) in [5, 5.41) is 0. The number of rotatable bonds is 5. The van der Waals surface area contributed by atoms with Gasteiger partial charge in [0.2, 0.25) is 5.91 Å². The van der Waals surface area contributed by atoms with E-state index in [1.807, 2.05) is 0 Å². The molecule has 0 aliphatic rings. The average molecular weight is 209 g/mol. The van der Waals surface area contributed by atoms with Gasteiger partial charge in [0.05, 0.1) is 6.54 Å². The Morgan fingerprint density at radius 2 is 2.40 bits per heavy atom. The molecule has 0 heterocycles. The van der Waals surface area contributed by atoms with Gasteiger partial charge in [-0.15, -0.1) is 0 Å². The molecule has 0 atom stereocenters. The molecule has 3 N–H and O–H groups in total. The molecular weight excluding hydrogens is 200 g/mol. The van der Waals surface area contributed by atoms with E-state index >= 15 is 0 Å². The molecule has 0 aliphatic carbocycles. The summed E-state index contributed by atoms with van der Waals surface area (Å²) >= 11 is 3.09. The number of halogens is 1. The monoisotopic (exact) mass is 208 g/mol. The number of carbonyl (C=O) groups is 1. The SMILES string of the molecule is C=C(Br)CNOCC(N)=O. The second-order valence-corrected chi connectivity index (χ2v) is 2.71. The van der Waals surface area contributed by atoms with Crippen LogP contribution in [0.15, 0.2) is 11.1 Å². The molecule has 1 amide bonds. The smallest absolute Gasteiger partial charge is 0.245 e. The molecule has 0 fully saturated rings. The van der Waals surface area contributed by atoms with Crippen molar-refractivity contribution in [2.24, 2.45) is 5.73 Å². The summed E-state index contributed by atoms with van der Waals surface area (Å²) in [5.41, 5.74) is 7.24. The average Bonchev–Trinajstić information content (AvgIpc) is 1.79. The van der Waals surface area contributed by atoms with E-state index in [0.717, 1.165) is 4.48 Å². The molecule has 58 valence electrons. The van der Waals surface area contributed by atoms with Crippen molar-refractivity contribution in [1.29, 1.82) is 0 Å². The Labute approximate surface area is 67.5 Å². The second kappa shape index (κ2) is 5.40. The van der Waals surface area contributed by atoms with Crippen molar-refractivity contribution in [3.05, 3.63) is 11.1 Å². The fraction of sp³-hybridized carbons (Fsp3) is 0.400. The van der Waals surface area contributed by atoms with Crippen LogP contribution in [-0.2, 0) is 9.63 Å². The predicted octanol–water partition coefficient (Wildman–Crippen LogP) is -0.0985. The summed E-state index contributed by atoms with van der Waals surface area (Å²) in [6.07, 6.45) is 0. The Hall–Kier alpha value is -0.390. The molecule has 0 spiro atoms. The second-order valence-electron chi connectivity index (χ2n) is 1.59. The first-order valence-electron chi connectivity index (χ1n) is 2.59. The van der Waals surface area contributed by atoms with Crippen LogP contribution in [0.4, 0.5) is 0 Å². The molecule has 0 saturated heterocycles. The molecule has 4 nitrogen and oxygen atoms in total. The third kappa shape index (κ3) is 7.61. The van der Waals surface area contributed by atoms with Crippen molar-refractivity contribution in [3.63, 3.8) is 0 Å². The van der Waals surface area contributed by atoms with Gasteiger partial charge in [-0.1, -0.05) is 22.5 Å². The summed E-state index contributed by atoms with van der Waals surface area (Å²) < 4.78 is 0.747. The van der Waals surface area contributed by atoms with E-state index in [4.69, 9.17) is 5.73 Å². The van der Waals surface area contributed by atoms with Crippen LogP contribution in [0.5, 0.6) is 0 Å². The van der Waals surface area contributed by atoms with Crippen LogP contribution in [0, 0.1) is 0 Å². The van der Waals surface area contributed by atoms with Crippen LogP contribution in [-0.4, -0.2) is 19.1 Å². The predicted molar refractivity (Wildman–Crippen MR) is 41.2 cm³/mol. The third-order valence-corrected chi connectivity index (χ3v) is 0.861. The fourth-order valence-corrected chi connectivity index (χ4v) is 0.366. The van der Waals surface area contributed by atoms with Crippen molar-refractivity contribution in [2.75, 3.05) is 13.2 Å². The lowest BCUT2D eigenvalue weighted by molar-refractivity contribution is -0.125. The quantitative estimate of drug-likeness (QED) is 0.491. The molecule has 0 aliphatic heterocycles. The van der Waals surface area contributed by atoms with Gasteiger partial charge in [-0.25, -0.2) is 0 Å². The minimum Gasteiger partial charge on any atom is -0.368 e. The van der Waals surface area contributed by atoms with E-state index in [9.17, 15) is 4.79 Å². The van der Waals surface area contributed by atoms with E-state index < -0.39 is 5.91 Å². The van der Waals surface area contributed by atoms with Gasteiger partial charge in [0.25, 0.3) is 0 Å². The minimum atomic E-state index is -0.507. The van der Waals surface area contributed by atoms with Gasteiger partial charge in [-0.2, -0.15) is 5.48 Å². The van der Waals surface area contributed by atoms with Gasteiger partial charge in [0, 0.05) is 4.48 Å². The van der Waals surface area contributed by atoms with Crippen LogP contribution >= 0.6 is 15.9 Å². The van der Waals surface area contributed by atoms with Crippen LogP contribution < -0.4 is 11.2 Å². The van der Waals surface area contributed by atoms with Gasteiger partial charge in [0.1, 0.15) is 6.61 Å². The van der Waals surface area contributed by atoms with Crippen LogP contribution in [0.25, 0.3) is 0 Å². The summed E-state index contributed by atoms with van der Waals surface area (Å²) in [6, 6.07) is 0. The summed E-state index contributed by atoms with van der Waals surface area (Å²) in [7, 11) is 0. The number of hydrogen-bond donors (Lipinski definition) is 2. The summed E-state index contributed by atoms with van der Waals surface area (Å²) in [4.78, 5) is 14.7. The maximum Gasteiger partial charge on any atom is 0.245 e. The zero-order valence-electron chi connectivity index (χ0n) is 5.39. The highest BCUT2D eigenvalue weighted by atomic mass is 79.9. The summed E-state index contributed by atoms with van der Waals surface area (Å²) in [6.45, 7) is 3.86. The molecular formula is C5H9BrN2O2. The molecule has 0 saturated carbocycles. The van der Waals surface area contributed by atoms with Crippen LogP contribution in [0.2, 0.25) is 0 Å². The maximum atomic E-state index is 10.1. The van der Waals surface area contributed by atoms with Gasteiger partial charge in [-0.3, -0.25) is 9.63 Å². The number of hydroxylamine groups is 1. The van der Waals surface area contributed by atoms with E-state index in [0.29, 0.717) is 6.54 Å². The topological polar surface area (TPSA) is 64.3 Å². The number of carbonyl (C=O) groups excluding carboxylic acids is 1. The lowest BCUT2D eigenvalue weighted by Gasteiger charge is -2.00. The lowest BCUT2D eigenvalue weighted by Crippen LogP contribution is -2.25. The number of amides is 1. The van der Waals surface area contributed by atoms with Crippen molar-refractivity contribution >= 4 is 21.8 Å². The van der Waals surface area contributed by atoms with Gasteiger partial charge in [0.15, 0.2) is 0 Å². The zero-order valence-corrected chi connectivity index (χ0v) is 6.98. The highest BCUT2D eigenvalue weighted by molar-refractivity contribution is 9.11. The van der Waals surface area contributed by atoms with Gasteiger partial charge >= 0.3 is 0 Å². The van der Waals surface area contributed by atoms with E-state index in [1.165, 1.54) is 0 Å². The fourth-order valence-electron chi connectivity index (χ4n) is 0.251. The molecule has 0 aromatic carbocycles. The Kier molecular flexibility index (Phi) is 5.19. The molecule has 0 aromatic heterocycles. The normalized spacial score (nSPS) is 9.30.